The molecule has 1 aromatic carbocycles. The first-order valence-electron chi connectivity index (χ1n) is 12.4. The van der Waals surface area contributed by atoms with Crippen LogP contribution in [0.4, 0.5) is 10.5 Å². The van der Waals surface area contributed by atoms with Gasteiger partial charge in [-0.3, -0.25) is 19.7 Å². The van der Waals surface area contributed by atoms with Crippen molar-refractivity contribution in [2.75, 3.05) is 5.32 Å². The van der Waals surface area contributed by atoms with Crippen LogP contribution < -0.4 is 5.32 Å². The quantitative estimate of drug-likeness (QED) is 0.282. The largest absolute Gasteiger partial charge is 0.456 e. The van der Waals surface area contributed by atoms with Gasteiger partial charge in [0.2, 0.25) is 12.4 Å². The number of esters is 3. The van der Waals surface area contributed by atoms with E-state index in [4.69, 9.17) is 28.1 Å². The van der Waals surface area contributed by atoms with Crippen molar-refractivity contribution in [1.29, 1.82) is 0 Å². The number of hydrogen-bond donors (Lipinski definition) is 1. The number of hydrogen-bond acceptors (Lipinski definition) is 10. The van der Waals surface area contributed by atoms with Gasteiger partial charge in [0.15, 0.2) is 20.5 Å². The first-order chi connectivity index (χ1) is 17.5. The highest BCUT2D eigenvalue weighted by Gasteiger charge is 2.52. The molecule has 1 amide bonds. The number of nitrogens with one attached hydrogen (secondary N) is 1. The molecule has 1 aliphatic heterocycles. The number of ether oxygens (including phenoxy) is 5. The number of amides is 1. The molecular formula is C26H39NO10Si. The predicted octanol–water partition coefficient (Wildman–Crippen LogP) is 4.30. The Morgan fingerprint density at radius 3 is 1.84 bits per heavy atom. The maximum Gasteiger partial charge on any atom is 0.414 e. The number of carbonyl (C=O) groups is 4. The number of anilines is 1. The van der Waals surface area contributed by atoms with Crippen LogP contribution >= 0.6 is 0 Å². The zero-order chi connectivity index (χ0) is 28.8. The Kier molecular flexibility index (Phi) is 10.5. The van der Waals surface area contributed by atoms with E-state index in [1.54, 1.807) is 19.1 Å². The van der Waals surface area contributed by atoms with E-state index in [1.165, 1.54) is 6.92 Å². The maximum absolute atomic E-state index is 12.7. The second-order valence-corrected chi connectivity index (χ2v) is 15.5. The number of benzene rings is 1. The van der Waals surface area contributed by atoms with E-state index in [0.717, 1.165) is 19.4 Å². The highest BCUT2D eigenvalue weighted by Crippen LogP contribution is 2.37. The smallest absolute Gasteiger partial charge is 0.414 e. The average Bonchev–Trinajstić information content (AvgIpc) is 2.77. The van der Waals surface area contributed by atoms with E-state index in [0.29, 0.717) is 12.3 Å². The molecule has 1 aromatic rings. The molecule has 1 aliphatic rings. The summed E-state index contributed by atoms with van der Waals surface area (Å²) in [6, 6.07) is 7.09. The molecule has 0 bridgehead atoms. The third kappa shape index (κ3) is 8.81. The second kappa shape index (κ2) is 12.7. The summed E-state index contributed by atoms with van der Waals surface area (Å²) in [7, 11) is -1.91. The Morgan fingerprint density at radius 1 is 0.842 bits per heavy atom. The zero-order valence-corrected chi connectivity index (χ0v) is 24.5. The van der Waals surface area contributed by atoms with Crippen molar-refractivity contribution in [3.05, 3.63) is 29.8 Å². The topological polar surface area (TPSA) is 136 Å². The summed E-state index contributed by atoms with van der Waals surface area (Å²) in [5.41, 5.74) is 1.40. The molecule has 2 rings (SSSR count). The van der Waals surface area contributed by atoms with Gasteiger partial charge in [0.05, 0.1) is 12.7 Å². The molecule has 5 atom stereocenters. The van der Waals surface area contributed by atoms with Crippen molar-refractivity contribution in [3.8, 4) is 0 Å². The van der Waals surface area contributed by atoms with Crippen LogP contribution in [-0.4, -0.2) is 63.0 Å². The summed E-state index contributed by atoms with van der Waals surface area (Å²) >= 11 is 0. The molecule has 0 spiro atoms. The summed E-state index contributed by atoms with van der Waals surface area (Å²) in [6.45, 7) is 16.3. The SMILES string of the molecule is CC(=O)O[C@H]1[C@H](OC(C)=O)[C@H](OC(=O)Nc2ccc(CO[Si](C)(C)C(C)(C)C)cc2)O[C@@H](C)[C@H]1OC(C)=O. The third-order valence-corrected chi connectivity index (χ3v) is 10.9. The van der Waals surface area contributed by atoms with Gasteiger partial charge in [0, 0.05) is 26.5 Å². The summed E-state index contributed by atoms with van der Waals surface area (Å²) in [4.78, 5) is 47.9. The molecule has 0 saturated carbocycles. The highest BCUT2D eigenvalue weighted by atomic mass is 28.4. The Hall–Kier alpha value is -2.96. The fourth-order valence-corrected chi connectivity index (χ4v) is 4.44. The van der Waals surface area contributed by atoms with E-state index in [-0.39, 0.29) is 5.04 Å². The lowest BCUT2D eigenvalue weighted by molar-refractivity contribution is -0.285. The lowest BCUT2D eigenvalue weighted by atomic mass is 9.99. The molecule has 0 unspecified atom stereocenters. The molecule has 1 N–H and O–H groups in total. The molecule has 0 aliphatic carbocycles. The molecule has 12 heteroatoms. The summed E-state index contributed by atoms with van der Waals surface area (Å²) in [6.07, 6.45) is -6.92. The van der Waals surface area contributed by atoms with Crippen molar-refractivity contribution in [2.45, 2.75) is 104 Å². The van der Waals surface area contributed by atoms with Gasteiger partial charge in [0.1, 0.15) is 0 Å². The molecule has 1 fully saturated rings. The van der Waals surface area contributed by atoms with Crippen molar-refractivity contribution in [1.82, 2.24) is 0 Å². The van der Waals surface area contributed by atoms with Gasteiger partial charge in [-0.05, 0) is 42.8 Å². The summed E-state index contributed by atoms with van der Waals surface area (Å²) < 4.78 is 33.2. The Bertz CT molecular complexity index is 1000. The van der Waals surface area contributed by atoms with Crippen LogP contribution in [0.15, 0.2) is 24.3 Å². The van der Waals surface area contributed by atoms with E-state index >= 15 is 0 Å². The van der Waals surface area contributed by atoms with Gasteiger partial charge in [0.25, 0.3) is 0 Å². The van der Waals surface area contributed by atoms with Crippen molar-refractivity contribution < 1.29 is 47.3 Å². The molecule has 0 aromatic heterocycles. The maximum atomic E-state index is 12.7. The van der Waals surface area contributed by atoms with E-state index in [2.05, 4.69) is 39.2 Å². The fraction of sp³-hybridized carbons (Fsp3) is 0.615. The van der Waals surface area contributed by atoms with Crippen molar-refractivity contribution >= 4 is 38.0 Å². The molecule has 38 heavy (non-hydrogen) atoms. The standard InChI is InChI=1S/C26H39NO10Si/c1-15-21(34-16(2)28)22(35-17(3)29)23(36-18(4)30)24(33-15)37-25(31)27-20-12-10-19(11-13-20)14-32-38(8,9)26(5,6)7/h10-13,15,21-24H,14H2,1-9H3,(H,27,31)/t15-,21+,22+,23-,24-/m0/s1. The fourth-order valence-electron chi connectivity index (χ4n) is 3.48. The van der Waals surface area contributed by atoms with Gasteiger partial charge in [-0.1, -0.05) is 32.9 Å². The molecule has 1 saturated heterocycles. The van der Waals surface area contributed by atoms with E-state index in [1.807, 2.05) is 12.1 Å². The minimum atomic E-state index is -1.91. The monoisotopic (exact) mass is 553 g/mol. The van der Waals surface area contributed by atoms with Crippen LogP contribution in [0.3, 0.4) is 0 Å². The van der Waals surface area contributed by atoms with Gasteiger partial charge in [-0.2, -0.15) is 0 Å². The van der Waals surface area contributed by atoms with E-state index in [9.17, 15) is 19.2 Å². The molecule has 1 heterocycles. The Balaban J connectivity index is 2.11. The lowest BCUT2D eigenvalue weighted by Crippen LogP contribution is -2.61. The van der Waals surface area contributed by atoms with Crippen LogP contribution in [0.5, 0.6) is 0 Å². The first kappa shape index (κ1) is 31.3. The van der Waals surface area contributed by atoms with Crippen molar-refractivity contribution in [2.24, 2.45) is 0 Å². The van der Waals surface area contributed by atoms with Gasteiger partial charge in [-0.25, -0.2) is 4.79 Å². The average molecular weight is 554 g/mol. The highest BCUT2D eigenvalue weighted by molar-refractivity contribution is 6.74. The van der Waals surface area contributed by atoms with Crippen LogP contribution in [0.25, 0.3) is 0 Å². The van der Waals surface area contributed by atoms with Gasteiger partial charge >= 0.3 is 24.0 Å². The van der Waals surface area contributed by atoms with Crippen molar-refractivity contribution in [3.63, 3.8) is 0 Å². The Morgan fingerprint density at radius 2 is 1.34 bits per heavy atom. The minimum Gasteiger partial charge on any atom is -0.456 e. The molecule has 0 radical (unpaired) electrons. The predicted molar refractivity (Wildman–Crippen MR) is 140 cm³/mol. The van der Waals surface area contributed by atoms with E-state index < -0.39 is 63.0 Å². The number of rotatable bonds is 8. The van der Waals surface area contributed by atoms with Crippen LogP contribution in [0.2, 0.25) is 18.1 Å². The van der Waals surface area contributed by atoms with Crippen LogP contribution in [0, 0.1) is 0 Å². The lowest BCUT2D eigenvalue weighted by Gasteiger charge is -2.42. The summed E-state index contributed by atoms with van der Waals surface area (Å²) in [5.74, 6) is -2.10. The second-order valence-electron chi connectivity index (χ2n) is 10.7. The Labute approximate surface area is 224 Å². The van der Waals surface area contributed by atoms with Crippen LogP contribution in [0.1, 0.15) is 54.0 Å². The van der Waals surface area contributed by atoms with Gasteiger partial charge in [-0.15, -0.1) is 0 Å². The van der Waals surface area contributed by atoms with Gasteiger partial charge < -0.3 is 28.1 Å². The normalized spacial score (nSPS) is 23.7. The molecular weight excluding hydrogens is 514 g/mol. The molecule has 212 valence electrons. The zero-order valence-electron chi connectivity index (χ0n) is 23.5. The first-order valence-corrected chi connectivity index (χ1v) is 15.3. The third-order valence-electron chi connectivity index (χ3n) is 6.46. The summed E-state index contributed by atoms with van der Waals surface area (Å²) in [5, 5.41) is 2.68. The molecule has 11 nitrogen and oxygen atoms in total. The minimum absolute atomic E-state index is 0.0909. The van der Waals surface area contributed by atoms with Crippen LogP contribution in [-0.2, 0) is 49.1 Å². The number of carbonyl (C=O) groups excluding carboxylic acids is 4.